The molecule has 0 saturated heterocycles. The lowest BCUT2D eigenvalue weighted by Gasteiger charge is -2.17. The predicted molar refractivity (Wildman–Crippen MR) is 113 cm³/mol. The van der Waals surface area contributed by atoms with Crippen LogP contribution in [0.25, 0.3) is 0 Å². The Balaban J connectivity index is 0.00000131. The van der Waals surface area contributed by atoms with Gasteiger partial charge in [-0.25, -0.2) is 19.2 Å². The Kier molecular flexibility index (Phi) is 12.7. The number of carboxylic acid groups (broad SMARTS) is 2. The van der Waals surface area contributed by atoms with E-state index in [1.807, 2.05) is 18.7 Å². The molecule has 0 atom stereocenters. The lowest BCUT2D eigenvalue weighted by molar-refractivity contribution is -0.159. The molecule has 0 saturated carbocycles. The molecule has 0 bridgehead atoms. The second kappa shape index (κ2) is 14.1. The van der Waals surface area contributed by atoms with E-state index < -0.39 is 23.9 Å². The topological polar surface area (TPSA) is 160 Å². The second-order valence-electron chi connectivity index (χ2n) is 5.82. The van der Waals surface area contributed by atoms with Crippen LogP contribution in [0.15, 0.2) is 0 Å². The van der Waals surface area contributed by atoms with Crippen molar-refractivity contribution < 1.29 is 43.7 Å². The van der Waals surface area contributed by atoms with Gasteiger partial charge in [0, 0.05) is 0 Å². The van der Waals surface area contributed by atoms with Crippen LogP contribution in [0.4, 0.5) is 5.00 Å². The molecule has 0 aliphatic heterocycles. The third-order valence-corrected chi connectivity index (χ3v) is 4.97. The molecule has 174 valence electrons. The van der Waals surface area contributed by atoms with E-state index in [1.54, 1.807) is 20.8 Å². The van der Waals surface area contributed by atoms with E-state index >= 15 is 0 Å². The SMILES string of the molecule is CCOC(=O)c1sc(NC(=O)CN(CC)CC)c(C(=O)OCC)c1C.O=C(O)C(=O)O. The van der Waals surface area contributed by atoms with Gasteiger partial charge in [0.05, 0.1) is 25.3 Å². The molecule has 0 fully saturated rings. The molecule has 12 heteroatoms. The summed E-state index contributed by atoms with van der Waals surface area (Å²) in [5, 5.41) is 17.8. The van der Waals surface area contributed by atoms with Gasteiger partial charge in [-0.3, -0.25) is 9.69 Å². The molecular weight excluding hydrogens is 432 g/mol. The fourth-order valence-corrected chi connectivity index (χ4v) is 3.36. The van der Waals surface area contributed by atoms with Crippen molar-refractivity contribution in [2.75, 3.05) is 38.2 Å². The van der Waals surface area contributed by atoms with Gasteiger partial charge in [0.15, 0.2) is 0 Å². The van der Waals surface area contributed by atoms with Gasteiger partial charge in [-0.15, -0.1) is 11.3 Å². The molecule has 1 heterocycles. The molecule has 0 unspecified atom stereocenters. The van der Waals surface area contributed by atoms with E-state index in [1.165, 1.54) is 0 Å². The Hall–Kier alpha value is -2.99. The third-order valence-electron chi connectivity index (χ3n) is 3.78. The lowest BCUT2D eigenvalue weighted by atomic mass is 10.1. The van der Waals surface area contributed by atoms with Gasteiger partial charge in [-0.2, -0.15) is 0 Å². The number of carbonyl (C=O) groups excluding carboxylic acids is 3. The first-order valence-corrected chi connectivity index (χ1v) is 10.3. The number of ether oxygens (including phenoxy) is 2. The van der Waals surface area contributed by atoms with E-state index in [0.717, 1.165) is 24.4 Å². The van der Waals surface area contributed by atoms with Crippen LogP contribution >= 0.6 is 11.3 Å². The molecule has 3 N–H and O–H groups in total. The molecular formula is C19H28N2O9S. The normalized spacial score (nSPS) is 10.0. The Morgan fingerprint density at radius 2 is 1.39 bits per heavy atom. The number of nitrogens with zero attached hydrogens (tertiary/aromatic N) is 1. The zero-order chi connectivity index (χ0) is 24.1. The minimum atomic E-state index is -1.82. The minimum absolute atomic E-state index is 0.204. The molecule has 0 aromatic carbocycles. The minimum Gasteiger partial charge on any atom is -0.473 e. The number of rotatable bonds is 9. The number of carbonyl (C=O) groups is 5. The summed E-state index contributed by atoms with van der Waals surface area (Å²) < 4.78 is 10.1. The average Bonchev–Trinajstić information content (AvgIpc) is 3.02. The van der Waals surface area contributed by atoms with E-state index in [0.29, 0.717) is 15.4 Å². The maximum absolute atomic E-state index is 12.3. The van der Waals surface area contributed by atoms with Gasteiger partial charge < -0.3 is 25.0 Å². The number of aliphatic carboxylic acids is 2. The summed E-state index contributed by atoms with van der Waals surface area (Å²) in [6, 6.07) is 0. The van der Waals surface area contributed by atoms with Gasteiger partial charge in [-0.05, 0) is 39.4 Å². The highest BCUT2D eigenvalue weighted by atomic mass is 32.1. The molecule has 1 amide bonds. The van der Waals surface area contributed by atoms with Crippen LogP contribution in [0.1, 0.15) is 53.3 Å². The molecule has 1 rings (SSSR count). The van der Waals surface area contributed by atoms with Crippen LogP contribution in [-0.4, -0.2) is 77.7 Å². The zero-order valence-electron chi connectivity index (χ0n) is 18.1. The highest BCUT2D eigenvalue weighted by Gasteiger charge is 2.27. The Labute approximate surface area is 183 Å². The number of hydrogen-bond donors (Lipinski definition) is 3. The maximum atomic E-state index is 12.3. The molecule has 11 nitrogen and oxygen atoms in total. The number of nitrogens with one attached hydrogen (secondary N) is 1. The second-order valence-corrected chi connectivity index (χ2v) is 6.84. The van der Waals surface area contributed by atoms with E-state index in [9.17, 15) is 14.4 Å². The van der Waals surface area contributed by atoms with Crippen molar-refractivity contribution in [2.24, 2.45) is 0 Å². The van der Waals surface area contributed by atoms with Crippen molar-refractivity contribution in [2.45, 2.75) is 34.6 Å². The number of likely N-dealkylation sites (N-methyl/N-ethyl adjacent to an activating group) is 1. The predicted octanol–water partition coefficient (Wildman–Crippen LogP) is 1.85. The fraction of sp³-hybridized carbons (Fsp3) is 0.526. The number of amides is 1. The van der Waals surface area contributed by atoms with Crippen LogP contribution in [0.3, 0.4) is 0 Å². The summed E-state index contributed by atoms with van der Waals surface area (Å²) in [6.07, 6.45) is 0. The molecule has 1 aromatic heterocycles. The summed E-state index contributed by atoms with van der Waals surface area (Å²) in [6.45, 7) is 11.1. The first-order chi connectivity index (χ1) is 14.5. The maximum Gasteiger partial charge on any atom is 0.414 e. The van der Waals surface area contributed by atoms with Crippen molar-refractivity contribution >= 4 is 46.1 Å². The van der Waals surface area contributed by atoms with Gasteiger partial charge in [0.1, 0.15) is 9.88 Å². The van der Waals surface area contributed by atoms with Crippen molar-refractivity contribution in [3.8, 4) is 0 Å². The number of hydrogen-bond acceptors (Lipinski definition) is 9. The van der Waals surface area contributed by atoms with Crippen molar-refractivity contribution in [1.82, 2.24) is 4.90 Å². The molecule has 31 heavy (non-hydrogen) atoms. The molecule has 0 aliphatic rings. The smallest absolute Gasteiger partial charge is 0.414 e. The van der Waals surface area contributed by atoms with Crippen molar-refractivity contribution in [1.29, 1.82) is 0 Å². The molecule has 1 aromatic rings. The van der Waals surface area contributed by atoms with Gasteiger partial charge in [0.2, 0.25) is 5.91 Å². The van der Waals surface area contributed by atoms with Crippen LogP contribution in [0, 0.1) is 6.92 Å². The van der Waals surface area contributed by atoms with Crippen LogP contribution in [0.2, 0.25) is 0 Å². The molecule has 0 spiro atoms. The number of thiophene rings is 1. The van der Waals surface area contributed by atoms with Crippen LogP contribution < -0.4 is 5.32 Å². The summed E-state index contributed by atoms with van der Waals surface area (Å²) >= 11 is 1.03. The quantitative estimate of drug-likeness (QED) is 0.366. The fourth-order valence-electron chi connectivity index (χ4n) is 2.26. The first-order valence-electron chi connectivity index (χ1n) is 9.49. The summed E-state index contributed by atoms with van der Waals surface area (Å²) in [5.41, 5.74) is 0.669. The standard InChI is InChI=1S/C17H26N2O5S.C2H2O4/c1-6-19(7-2)10-12(20)18-15-13(16(21)23-8-3)11(5)14(25-15)17(22)24-9-4;3-1(4)2(5)6/h6-10H2,1-5H3,(H,18,20);(H,3,4)(H,5,6). The van der Waals surface area contributed by atoms with Crippen molar-refractivity contribution in [3.63, 3.8) is 0 Å². The number of anilines is 1. The Morgan fingerprint density at radius 3 is 1.81 bits per heavy atom. The van der Waals surface area contributed by atoms with Gasteiger partial charge in [0.25, 0.3) is 0 Å². The van der Waals surface area contributed by atoms with Gasteiger partial charge in [-0.1, -0.05) is 13.8 Å². The summed E-state index contributed by atoms with van der Waals surface area (Å²) in [7, 11) is 0. The van der Waals surface area contributed by atoms with E-state index in [4.69, 9.17) is 29.3 Å². The van der Waals surface area contributed by atoms with Gasteiger partial charge >= 0.3 is 23.9 Å². The zero-order valence-corrected chi connectivity index (χ0v) is 19.0. The highest BCUT2D eigenvalue weighted by Crippen LogP contribution is 2.34. The molecule has 0 aliphatic carbocycles. The molecule has 0 radical (unpaired) electrons. The lowest BCUT2D eigenvalue weighted by Crippen LogP contribution is -2.33. The Bertz CT molecular complexity index is 789. The Morgan fingerprint density at radius 1 is 0.903 bits per heavy atom. The summed E-state index contributed by atoms with van der Waals surface area (Å²) in [5.74, 6) is -4.97. The number of esters is 2. The first kappa shape index (κ1) is 28.0. The largest absolute Gasteiger partial charge is 0.473 e. The summed E-state index contributed by atoms with van der Waals surface area (Å²) in [4.78, 5) is 57.1. The average molecular weight is 461 g/mol. The van der Waals surface area contributed by atoms with Crippen molar-refractivity contribution in [3.05, 3.63) is 16.0 Å². The van der Waals surface area contributed by atoms with E-state index in [-0.39, 0.29) is 31.2 Å². The van der Waals surface area contributed by atoms with Crippen LogP contribution in [0.5, 0.6) is 0 Å². The van der Waals surface area contributed by atoms with E-state index in [2.05, 4.69) is 5.32 Å². The number of carboxylic acids is 2. The van der Waals surface area contributed by atoms with Crippen LogP contribution in [-0.2, 0) is 23.9 Å². The highest BCUT2D eigenvalue weighted by molar-refractivity contribution is 7.18. The third kappa shape index (κ3) is 9.13. The monoisotopic (exact) mass is 460 g/mol.